The summed E-state index contributed by atoms with van der Waals surface area (Å²) in [5, 5.41) is 19.6. The van der Waals surface area contributed by atoms with Crippen molar-refractivity contribution in [2.75, 3.05) is 55.7 Å². The SMILES string of the molecule is NC[C@H](O)CN(C[C@@H](O)CN)c1ccc(N2CCOCC2=O)cc1. The van der Waals surface area contributed by atoms with Gasteiger partial charge in [0.1, 0.15) is 6.61 Å². The van der Waals surface area contributed by atoms with Crippen molar-refractivity contribution in [2.24, 2.45) is 11.5 Å². The first-order chi connectivity index (χ1) is 11.5. The van der Waals surface area contributed by atoms with E-state index in [-0.39, 0.29) is 25.6 Å². The molecule has 1 heterocycles. The number of hydrogen-bond acceptors (Lipinski definition) is 7. The van der Waals surface area contributed by atoms with Gasteiger partial charge in [0.25, 0.3) is 5.91 Å². The average molecular weight is 338 g/mol. The van der Waals surface area contributed by atoms with Crippen LogP contribution in [0.2, 0.25) is 0 Å². The Labute approximate surface area is 141 Å². The maximum atomic E-state index is 11.9. The molecule has 1 fully saturated rings. The standard InChI is InChI=1S/C16H26N4O4/c17-7-14(21)9-19(10-15(22)8-18)12-1-3-13(4-2-12)20-5-6-24-11-16(20)23/h1-4,14-15,21-22H,5-11,17-18H2/t14-,15-/m0/s1. The molecule has 0 aromatic heterocycles. The summed E-state index contributed by atoms with van der Waals surface area (Å²) >= 11 is 0. The minimum Gasteiger partial charge on any atom is -0.390 e. The summed E-state index contributed by atoms with van der Waals surface area (Å²) in [5.74, 6) is -0.0667. The number of benzene rings is 1. The number of aliphatic hydroxyl groups excluding tert-OH is 2. The summed E-state index contributed by atoms with van der Waals surface area (Å²) < 4.78 is 5.13. The van der Waals surface area contributed by atoms with Gasteiger partial charge in [-0.05, 0) is 24.3 Å². The lowest BCUT2D eigenvalue weighted by molar-refractivity contribution is -0.125. The second-order valence-electron chi connectivity index (χ2n) is 5.80. The Balaban J connectivity index is 2.12. The first-order valence-electron chi connectivity index (χ1n) is 8.04. The Morgan fingerprint density at radius 3 is 2.21 bits per heavy atom. The molecule has 1 saturated heterocycles. The van der Waals surface area contributed by atoms with Crippen LogP contribution in [0.1, 0.15) is 0 Å². The second-order valence-corrected chi connectivity index (χ2v) is 5.80. The molecule has 1 aliphatic rings. The van der Waals surface area contributed by atoms with Crippen molar-refractivity contribution in [3.63, 3.8) is 0 Å². The van der Waals surface area contributed by atoms with Gasteiger partial charge in [0.05, 0.1) is 18.8 Å². The number of hydrogen-bond donors (Lipinski definition) is 4. The third kappa shape index (κ3) is 4.89. The molecule has 0 saturated carbocycles. The zero-order valence-corrected chi connectivity index (χ0v) is 13.7. The van der Waals surface area contributed by atoms with Gasteiger partial charge >= 0.3 is 0 Å². The van der Waals surface area contributed by atoms with E-state index in [1.165, 1.54) is 0 Å². The second kappa shape index (κ2) is 8.95. The number of amides is 1. The Hall–Kier alpha value is -1.71. The van der Waals surface area contributed by atoms with E-state index in [1.807, 2.05) is 29.2 Å². The number of nitrogens with two attached hydrogens (primary N) is 2. The molecule has 0 aliphatic carbocycles. The minimum atomic E-state index is -0.699. The summed E-state index contributed by atoms with van der Waals surface area (Å²) in [6.45, 7) is 2.00. The lowest BCUT2D eigenvalue weighted by Gasteiger charge is -2.30. The van der Waals surface area contributed by atoms with Crippen LogP contribution in [0.5, 0.6) is 0 Å². The predicted octanol–water partition coefficient (Wildman–Crippen LogP) is -1.50. The van der Waals surface area contributed by atoms with Crippen molar-refractivity contribution in [3.8, 4) is 0 Å². The van der Waals surface area contributed by atoms with Crippen LogP contribution < -0.4 is 21.3 Å². The Morgan fingerprint density at radius 2 is 1.71 bits per heavy atom. The number of ether oxygens (including phenoxy) is 1. The smallest absolute Gasteiger partial charge is 0.253 e. The highest BCUT2D eigenvalue weighted by molar-refractivity contribution is 5.95. The van der Waals surface area contributed by atoms with Gasteiger partial charge in [0.15, 0.2) is 0 Å². The quantitative estimate of drug-likeness (QED) is 0.454. The lowest BCUT2D eigenvalue weighted by atomic mass is 10.2. The molecule has 0 spiro atoms. The van der Waals surface area contributed by atoms with E-state index >= 15 is 0 Å². The number of nitrogens with zero attached hydrogens (tertiary/aromatic N) is 2. The molecule has 8 heteroatoms. The van der Waals surface area contributed by atoms with Crippen LogP contribution in [0, 0.1) is 0 Å². The monoisotopic (exact) mass is 338 g/mol. The molecule has 2 atom stereocenters. The highest BCUT2D eigenvalue weighted by Gasteiger charge is 2.21. The van der Waals surface area contributed by atoms with Gasteiger partial charge in [-0.15, -0.1) is 0 Å². The van der Waals surface area contributed by atoms with Crippen molar-refractivity contribution in [2.45, 2.75) is 12.2 Å². The number of carbonyl (C=O) groups excluding carboxylic acids is 1. The van der Waals surface area contributed by atoms with Gasteiger partial charge in [0.2, 0.25) is 0 Å². The van der Waals surface area contributed by atoms with Gasteiger partial charge in [-0.25, -0.2) is 0 Å². The van der Waals surface area contributed by atoms with Crippen LogP contribution in [-0.2, 0) is 9.53 Å². The molecular weight excluding hydrogens is 312 g/mol. The van der Waals surface area contributed by atoms with Gasteiger partial charge in [-0.2, -0.15) is 0 Å². The Morgan fingerprint density at radius 1 is 1.12 bits per heavy atom. The Bertz CT molecular complexity index is 513. The van der Waals surface area contributed by atoms with Crippen molar-refractivity contribution in [1.29, 1.82) is 0 Å². The molecule has 6 N–H and O–H groups in total. The molecule has 8 nitrogen and oxygen atoms in total. The van der Waals surface area contributed by atoms with Crippen LogP contribution in [0.15, 0.2) is 24.3 Å². The summed E-state index contributed by atoms with van der Waals surface area (Å²) in [6.07, 6.45) is -1.40. The van der Waals surface area contributed by atoms with Crippen LogP contribution >= 0.6 is 0 Å². The fourth-order valence-electron chi connectivity index (χ4n) is 2.58. The van der Waals surface area contributed by atoms with E-state index < -0.39 is 12.2 Å². The average Bonchev–Trinajstić information content (AvgIpc) is 2.61. The summed E-state index contributed by atoms with van der Waals surface area (Å²) in [5.41, 5.74) is 12.6. The van der Waals surface area contributed by atoms with E-state index in [9.17, 15) is 15.0 Å². The van der Waals surface area contributed by atoms with E-state index in [2.05, 4.69) is 0 Å². The van der Waals surface area contributed by atoms with Crippen LogP contribution in [-0.4, -0.2) is 74.3 Å². The van der Waals surface area contributed by atoms with E-state index in [4.69, 9.17) is 16.2 Å². The highest BCUT2D eigenvalue weighted by Crippen LogP contribution is 2.22. The summed E-state index contributed by atoms with van der Waals surface area (Å²) in [7, 11) is 0. The normalized spacial score (nSPS) is 17.7. The zero-order valence-electron chi connectivity index (χ0n) is 13.7. The third-order valence-corrected chi connectivity index (χ3v) is 3.92. The van der Waals surface area contributed by atoms with Gasteiger partial charge in [-0.1, -0.05) is 0 Å². The fraction of sp³-hybridized carbons (Fsp3) is 0.562. The molecule has 0 bridgehead atoms. The summed E-state index contributed by atoms with van der Waals surface area (Å²) in [6, 6.07) is 7.39. The summed E-state index contributed by atoms with van der Waals surface area (Å²) in [4.78, 5) is 15.4. The molecule has 0 unspecified atom stereocenters. The maximum Gasteiger partial charge on any atom is 0.253 e. The van der Waals surface area contributed by atoms with E-state index in [0.717, 1.165) is 11.4 Å². The largest absolute Gasteiger partial charge is 0.390 e. The first-order valence-corrected chi connectivity index (χ1v) is 8.04. The zero-order chi connectivity index (χ0) is 17.5. The number of morpholine rings is 1. The maximum absolute atomic E-state index is 11.9. The molecule has 1 aromatic rings. The van der Waals surface area contributed by atoms with Crippen molar-refractivity contribution in [1.82, 2.24) is 0 Å². The molecule has 0 radical (unpaired) electrons. The number of aliphatic hydroxyl groups is 2. The molecule has 1 aromatic carbocycles. The molecule has 134 valence electrons. The minimum absolute atomic E-state index is 0.0667. The van der Waals surface area contributed by atoms with Crippen molar-refractivity contribution in [3.05, 3.63) is 24.3 Å². The number of anilines is 2. The molecule has 1 aliphatic heterocycles. The van der Waals surface area contributed by atoms with Gasteiger partial charge < -0.3 is 36.2 Å². The topological polar surface area (TPSA) is 125 Å². The van der Waals surface area contributed by atoms with Crippen molar-refractivity contribution < 1.29 is 19.7 Å². The fourth-order valence-corrected chi connectivity index (χ4v) is 2.58. The van der Waals surface area contributed by atoms with E-state index in [0.29, 0.717) is 26.2 Å². The molecule has 24 heavy (non-hydrogen) atoms. The van der Waals surface area contributed by atoms with Gasteiger partial charge in [-0.3, -0.25) is 4.79 Å². The lowest BCUT2D eigenvalue weighted by Crippen LogP contribution is -2.43. The first kappa shape index (κ1) is 18.6. The molecular formula is C16H26N4O4. The molecule has 2 rings (SSSR count). The Kier molecular flexibility index (Phi) is 6.95. The van der Waals surface area contributed by atoms with Crippen LogP contribution in [0.3, 0.4) is 0 Å². The van der Waals surface area contributed by atoms with Gasteiger partial charge in [0, 0.05) is 44.1 Å². The van der Waals surface area contributed by atoms with Crippen molar-refractivity contribution >= 4 is 17.3 Å². The number of carbonyl (C=O) groups is 1. The predicted molar refractivity (Wildman–Crippen MR) is 91.9 cm³/mol. The molecule has 1 amide bonds. The van der Waals surface area contributed by atoms with Crippen LogP contribution in [0.4, 0.5) is 11.4 Å². The highest BCUT2D eigenvalue weighted by atomic mass is 16.5. The number of rotatable bonds is 8. The third-order valence-electron chi connectivity index (χ3n) is 3.92. The van der Waals surface area contributed by atoms with Crippen LogP contribution in [0.25, 0.3) is 0 Å². The van der Waals surface area contributed by atoms with E-state index in [1.54, 1.807) is 4.90 Å².